The highest BCUT2D eigenvalue weighted by Crippen LogP contribution is 2.29. The third-order valence-electron chi connectivity index (χ3n) is 3.33. The maximum absolute atomic E-state index is 12.4. The Hall–Kier alpha value is -1.25. The van der Waals surface area contributed by atoms with E-state index in [1.165, 1.54) is 0 Å². The van der Waals surface area contributed by atoms with Gasteiger partial charge in [-0.25, -0.2) is 0 Å². The quantitative estimate of drug-likeness (QED) is 0.304. The van der Waals surface area contributed by atoms with E-state index in [1.54, 1.807) is 55.6 Å². The summed E-state index contributed by atoms with van der Waals surface area (Å²) in [5, 5.41) is 8.54. The Morgan fingerprint density at radius 1 is 1.07 bits per heavy atom. The van der Waals surface area contributed by atoms with Gasteiger partial charge in [-0.2, -0.15) is 0 Å². The van der Waals surface area contributed by atoms with Crippen molar-refractivity contribution >= 4 is 79.7 Å². The average molecular weight is 512 g/mol. The molecule has 0 fully saturated rings. The SMILES string of the molecule is COc1ccc(NC(=S)N[C@@H](NC(=O)c2ccc(Br)cc2)C(Cl)(Cl)Cl)cc1. The number of carbonyl (C=O) groups is 1. The Bertz CT molecular complexity index is 799. The first kappa shape index (κ1) is 22.0. The molecule has 0 aliphatic carbocycles. The number of hydrogen-bond acceptors (Lipinski definition) is 3. The van der Waals surface area contributed by atoms with E-state index in [4.69, 9.17) is 51.8 Å². The van der Waals surface area contributed by atoms with Crippen molar-refractivity contribution < 1.29 is 9.53 Å². The molecule has 0 aliphatic heterocycles. The highest BCUT2D eigenvalue weighted by atomic mass is 79.9. The summed E-state index contributed by atoms with van der Waals surface area (Å²) in [6.07, 6.45) is -1.06. The normalized spacial score (nSPS) is 12.0. The van der Waals surface area contributed by atoms with Gasteiger partial charge in [-0.1, -0.05) is 50.7 Å². The molecule has 0 saturated heterocycles. The first-order valence-electron chi connectivity index (χ1n) is 7.54. The standard InChI is InChI=1S/C17H15BrCl3N3O2S/c1-26-13-8-6-12(7-9-13)22-16(27)24-15(17(19,20)21)23-14(25)10-2-4-11(18)5-3-10/h2-9,15H,1H3,(H,23,25)(H2,22,24,27)/t15-/m1/s1. The van der Waals surface area contributed by atoms with Crippen molar-refractivity contribution in [3.8, 4) is 5.75 Å². The van der Waals surface area contributed by atoms with Gasteiger partial charge in [0.25, 0.3) is 5.91 Å². The number of methoxy groups -OCH3 is 1. The summed E-state index contributed by atoms with van der Waals surface area (Å²) in [4.78, 5) is 12.4. The number of amides is 1. The topological polar surface area (TPSA) is 62.4 Å². The molecule has 0 bridgehead atoms. The Labute approximate surface area is 185 Å². The fourth-order valence-electron chi connectivity index (χ4n) is 1.99. The lowest BCUT2D eigenvalue weighted by Gasteiger charge is -2.27. The molecule has 27 heavy (non-hydrogen) atoms. The molecule has 2 aromatic rings. The summed E-state index contributed by atoms with van der Waals surface area (Å²) >= 11 is 26.5. The molecular weight excluding hydrogens is 497 g/mol. The van der Waals surface area contributed by atoms with E-state index >= 15 is 0 Å². The first-order valence-corrected chi connectivity index (χ1v) is 9.87. The minimum atomic E-state index is -1.84. The molecule has 2 aromatic carbocycles. The second kappa shape index (κ2) is 9.80. The molecule has 0 saturated carbocycles. The minimum absolute atomic E-state index is 0.174. The van der Waals surface area contributed by atoms with E-state index in [-0.39, 0.29) is 5.11 Å². The average Bonchev–Trinajstić information content (AvgIpc) is 2.61. The van der Waals surface area contributed by atoms with E-state index in [0.717, 1.165) is 4.47 Å². The number of benzene rings is 2. The maximum atomic E-state index is 12.4. The summed E-state index contributed by atoms with van der Waals surface area (Å²) in [5.41, 5.74) is 1.11. The van der Waals surface area contributed by atoms with Crippen molar-refractivity contribution in [2.75, 3.05) is 12.4 Å². The van der Waals surface area contributed by atoms with Crippen LogP contribution in [-0.2, 0) is 0 Å². The van der Waals surface area contributed by atoms with E-state index in [1.807, 2.05) is 0 Å². The van der Waals surface area contributed by atoms with Crippen LogP contribution in [0.15, 0.2) is 53.0 Å². The molecule has 2 rings (SSSR count). The van der Waals surface area contributed by atoms with Crippen molar-refractivity contribution in [2.24, 2.45) is 0 Å². The van der Waals surface area contributed by atoms with Crippen LogP contribution in [0.4, 0.5) is 5.69 Å². The van der Waals surface area contributed by atoms with Crippen LogP contribution < -0.4 is 20.7 Å². The molecule has 5 nitrogen and oxygen atoms in total. The number of ether oxygens (including phenoxy) is 1. The maximum Gasteiger partial charge on any atom is 0.252 e. The summed E-state index contributed by atoms with van der Waals surface area (Å²) < 4.78 is 4.11. The summed E-state index contributed by atoms with van der Waals surface area (Å²) in [6.45, 7) is 0. The Morgan fingerprint density at radius 3 is 2.19 bits per heavy atom. The van der Waals surface area contributed by atoms with Gasteiger partial charge in [0.1, 0.15) is 11.9 Å². The molecule has 0 radical (unpaired) electrons. The molecule has 1 atom stereocenters. The molecule has 1 amide bonds. The van der Waals surface area contributed by atoms with Crippen LogP contribution in [0.5, 0.6) is 5.75 Å². The predicted molar refractivity (Wildman–Crippen MR) is 118 cm³/mol. The third-order valence-corrected chi connectivity index (χ3v) is 4.74. The van der Waals surface area contributed by atoms with Crippen molar-refractivity contribution in [1.29, 1.82) is 0 Å². The highest BCUT2D eigenvalue weighted by Gasteiger charge is 2.34. The van der Waals surface area contributed by atoms with Crippen LogP contribution in [0.2, 0.25) is 0 Å². The van der Waals surface area contributed by atoms with Gasteiger partial charge < -0.3 is 20.7 Å². The van der Waals surface area contributed by atoms with Gasteiger partial charge in [-0.15, -0.1) is 0 Å². The van der Waals surface area contributed by atoms with Crippen molar-refractivity contribution in [3.63, 3.8) is 0 Å². The second-order valence-electron chi connectivity index (χ2n) is 5.28. The van der Waals surface area contributed by atoms with Crippen LogP contribution in [-0.4, -0.2) is 28.1 Å². The molecule has 3 N–H and O–H groups in total. The molecular formula is C17H15BrCl3N3O2S. The number of halogens is 4. The highest BCUT2D eigenvalue weighted by molar-refractivity contribution is 9.10. The van der Waals surface area contributed by atoms with Crippen LogP contribution >= 0.6 is 63.0 Å². The fraction of sp³-hybridized carbons (Fsp3) is 0.176. The summed E-state index contributed by atoms with van der Waals surface area (Å²) in [7, 11) is 1.58. The summed E-state index contributed by atoms with van der Waals surface area (Å²) in [6, 6.07) is 13.9. The zero-order valence-corrected chi connectivity index (χ0v) is 18.6. The zero-order valence-electron chi connectivity index (χ0n) is 13.9. The van der Waals surface area contributed by atoms with Gasteiger partial charge in [0.05, 0.1) is 7.11 Å². The van der Waals surface area contributed by atoms with Gasteiger partial charge in [-0.3, -0.25) is 4.79 Å². The van der Waals surface area contributed by atoms with E-state index < -0.39 is 15.9 Å². The van der Waals surface area contributed by atoms with Crippen LogP contribution in [0.1, 0.15) is 10.4 Å². The minimum Gasteiger partial charge on any atom is -0.497 e. The van der Waals surface area contributed by atoms with Crippen molar-refractivity contribution in [3.05, 3.63) is 58.6 Å². The van der Waals surface area contributed by atoms with Crippen molar-refractivity contribution in [1.82, 2.24) is 10.6 Å². The Balaban J connectivity index is 2.03. The lowest BCUT2D eigenvalue weighted by molar-refractivity contribution is 0.0934. The number of nitrogens with one attached hydrogen (secondary N) is 3. The number of carbonyl (C=O) groups excluding carboxylic acids is 1. The summed E-state index contributed by atoms with van der Waals surface area (Å²) in [5.74, 6) is 0.291. The monoisotopic (exact) mass is 509 g/mol. The molecule has 0 spiro atoms. The van der Waals surface area contributed by atoms with Crippen molar-refractivity contribution in [2.45, 2.75) is 9.96 Å². The van der Waals surface area contributed by atoms with Crippen LogP contribution in [0.25, 0.3) is 0 Å². The predicted octanol–water partition coefficient (Wildman–Crippen LogP) is 4.87. The third kappa shape index (κ3) is 7.01. The number of alkyl halides is 3. The molecule has 10 heteroatoms. The van der Waals surface area contributed by atoms with Gasteiger partial charge in [-0.05, 0) is 60.7 Å². The van der Waals surface area contributed by atoms with Crippen LogP contribution in [0, 0.1) is 0 Å². The van der Waals surface area contributed by atoms with E-state index in [0.29, 0.717) is 17.0 Å². The molecule has 0 aromatic heterocycles. The van der Waals surface area contributed by atoms with Gasteiger partial charge in [0, 0.05) is 15.7 Å². The number of rotatable bonds is 5. The lowest BCUT2D eigenvalue weighted by atomic mass is 10.2. The number of hydrogen-bond donors (Lipinski definition) is 3. The Morgan fingerprint density at radius 2 is 1.67 bits per heavy atom. The van der Waals surface area contributed by atoms with Gasteiger partial charge in [0.2, 0.25) is 3.79 Å². The smallest absolute Gasteiger partial charge is 0.252 e. The van der Waals surface area contributed by atoms with E-state index in [9.17, 15) is 4.79 Å². The zero-order chi connectivity index (χ0) is 20.0. The molecule has 0 unspecified atom stereocenters. The largest absolute Gasteiger partial charge is 0.497 e. The van der Waals surface area contributed by atoms with Crippen LogP contribution in [0.3, 0.4) is 0 Å². The molecule has 144 valence electrons. The van der Waals surface area contributed by atoms with E-state index in [2.05, 4.69) is 31.9 Å². The Kier molecular flexibility index (Phi) is 8.00. The first-order chi connectivity index (χ1) is 12.7. The number of thiocarbonyl (C=S) groups is 1. The second-order valence-corrected chi connectivity index (χ2v) is 8.97. The van der Waals surface area contributed by atoms with Gasteiger partial charge >= 0.3 is 0 Å². The van der Waals surface area contributed by atoms with Gasteiger partial charge in [0.15, 0.2) is 5.11 Å². The molecule has 0 aliphatic rings. The molecule has 0 heterocycles. The lowest BCUT2D eigenvalue weighted by Crippen LogP contribution is -2.56. The fourth-order valence-corrected chi connectivity index (χ4v) is 2.82. The number of anilines is 1.